The molecule has 1 N–H and O–H groups in total. The lowest BCUT2D eigenvalue weighted by molar-refractivity contribution is 0.152. The molecule has 0 aliphatic carbocycles. The number of halogens is 4. The molecular formula is C14H18BrClF2N2. The van der Waals surface area contributed by atoms with E-state index in [0.717, 1.165) is 26.1 Å². The van der Waals surface area contributed by atoms with Crippen LogP contribution in [-0.4, -0.2) is 30.6 Å². The van der Waals surface area contributed by atoms with E-state index in [0.29, 0.717) is 23.0 Å². The Labute approximate surface area is 132 Å². The van der Waals surface area contributed by atoms with Gasteiger partial charge in [0.1, 0.15) is 11.6 Å². The van der Waals surface area contributed by atoms with Crippen molar-refractivity contribution in [3.8, 4) is 0 Å². The molecule has 1 aromatic rings. The van der Waals surface area contributed by atoms with Crippen LogP contribution in [0.1, 0.15) is 18.4 Å². The van der Waals surface area contributed by atoms with Crippen molar-refractivity contribution in [2.24, 2.45) is 5.92 Å². The number of fused-ring (bicyclic) bond motifs is 1. The van der Waals surface area contributed by atoms with Crippen molar-refractivity contribution in [1.82, 2.24) is 10.2 Å². The molecule has 20 heavy (non-hydrogen) atoms. The Balaban J connectivity index is 0.00000147. The minimum Gasteiger partial charge on any atom is -0.314 e. The second kappa shape index (κ2) is 6.69. The number of rotatable bonds is 2. The lowest BCUT2D eigenvalue weighted by Gasteiger charge is -2.35. The van der Waals surface area contributed by atoms with E-state index in [1.165, 1.54) is 18.6 Å². The summed E-state index contributed by atoms with van der Waals surface area (Å²) in [4.78, 5) is 2.17. The molecule has 2 heterocycles. The second-order valence-corrected chi connectivity index (χ2v) is 6.31. The zero-order valence-electron chi connectivity index (χ0n) is 11.0. The maximum atomic E-state index is 14.0. The van der Waals surface area contributed by atoms with Crippen molar-refractivity contribution >= 4 is 28.3 Å². The molecule has 2 fully saturated rings. The topological polar surface area (TPSA) is 15.3 Å². The lowest BCUT2D eigenvalue weighted by Crippen LogP contribution is -2.44. The number of nitrogens with one attached hydrogen (secondary N) is 1. The second-order valence-electron chi connectivity index (χ2n) is 5.45. The Morgan fingerprint density at radius 3 is 2.90 bits per heavy atom. The van der Waals surface area contributed by atoms with Gasteiger partial charge in [0.05, 0.1) is 4.47 Å². The minimum absolute atomic E-state index is 0. The van der Waals surface area contributed by atoms with E-state index in [1.807, 2.05) is 0 Å². The molecule has 1 aromatic carbocycles. The zero-order chi connectivity index (χ0) is 13.4. The van der Waals surface area contributed by atoms with Crippen LogP contribution in [0.5, 0.6) is 0 Å². The quantitative estimate of drug-likeness (QED) is 0.807. The molecule has 0 aromatic heterocycles. The summed E-state index contributed by atoms with van der Waals surface area (Å²) in [5.74, 6) is -0.286. The molecule has 2 aliphatic rings. The van der Waals surface area contributed by atoms with E-state index in [-0.39, 0.29) is 18.0 Å². The average Bonchev–Trinajstić information content (AvgIpc) is 2.86. The average molecular weight is 368 g/mol. The van der Waals surface area contributed by atoms with Gasteiger partial charge in [-0.15, -0.1) is 12.4 Å². The van der Waals surface area contributed by atoms with E-state index >= 15 is 0 Å². The summed E-state index contributed by atoms with van der Waals surface area (Å²) in [6.07, 6.45) is 2.24. The van der Waals surface area contributed by atoms with Crippen LogP contribution in [0.4, 0.5) is 8.78 Å². The van der Waals surface area contributed by atoms with Crippen molar-refractivity contribution in [2.75, 3.05) is 19.6 Å². The fraction of sp³-hybridized carbons (Fsp3) is 0.571. The molecule has 0 bridgehead atoms. The van der Waals surface area contributed by atoms with Crippen molar-refractivity contribution in [3.05, 3.63) is 33.8 Å². The van der Waals surface area contributed by atoms with Gasteiger partial charge < -0.3 is 5.32 Å². The van der Waals surface area contributed by atoms with Gasteiger partial charge in [-0.05, 0) is 59.9 Å². The highest BCUT2D eigenvalue weighted by Crippen LogP contribution is 2.28. The molecule has 2 unspecified atom stereocenters. The minimum atomic E-state index is -0.466. The summed E-state index contributed by atoms with van der Waals surface area (Å²) in [5, 5.41) is 3.49. The molecule has 3 rings (SSSR count). The van der Waals surface area contributed by atoms with E-state index in [9.17, 15) is 8.78 Å². The molecule has 2 aliphatic heterocycles. The Kier molecular flexibility index (Phi) is 5.40. The van der Waals surface area contributed by atoms with Crippen LogP contribution in [0, 0.1) is 17.6 Å². The van der Waals surface area contributed by atoms with Crippen LogP contribution in [0.25, 0.3) is 0 Å². The van der Waals surface area contributed by atoms with Crippen molar-refractivity contribution in [1.29, 1.82) is 0 Å². The Morgan fingerprint density at radius 2 is 2.10 bits per heavy atom. The van der Waals surface area contributed by atoms with E-state index < -0.39 is 11.6 Å². The standard InChI is InChI=1S/C14H17BrF2N2.ClH/c15-11-1-2-12(16)10(14(11)17)8-19-6-4-13-9(7-19)3-5-18-13;/h1-2,9,13,18H,3-8H2;1H. The van der Waals surface area contributed by atoms with Crippen LogP contribution >= 0.6 is 28.3 Å². The third-order valence-corrected chi connectivity index (χ3v) is 4.87. The maximum Gasteiger partial charge on any atom is 0.144 e. The van der Waals surface area contributed by atoms with Gasteiger partial charge >= 0.3 is 0 Å². The third kappa shape index (κ3) is 3.16. The largest absolute Gasteiger partial charge is 0.314 e. The summed E-state index contributed by atoms with van der Waals surface area (Å²) in [6.45, 7) is 3.27. The predicted octanol–water partition coefficient (Wildman–Crippen LogP) is 3.33. The fourth-order valence-corrected chi connectivity index (χ4v) is 3.58. The van der Waals surface area contributed by atoms with Gasteiger partial charge in [-0.3, -0.25) is 4.90 Å². The Hall–Kier alpha value is -0.230. The Bertz CT molecular complexity index is 486. The first-order chi connectivity index (χ1) is 9.15. The first kappa shape index (κ1) is 16.1. The molecular weight excluding hydrogens is 350 g/mol. The van der Waals surface area contributed by atoms with Crippen LogP contribution in [0.15, 0.2) is 16.6 Å². The first-order valence-electron chi connectivity index (χ1n) is 6.73. The van der Waals surface area contributed by atoms with Gasteiger partial charge in [0, 0.05) is 24.7 Å². The molecule has 6 heteroatoms. The van der Waals surface area contributed by atoms with Crippen molar-refractivity contribution in [3.63, 3.8) is 0 Å². The SMILES string of the molecule is Cl.Fc1ccc(Br)c(F)c1CN1CCC2NCCC2C1. The van der Waals surface area contributed by atoms with Gasteiger partial charge in [-0.1, -0.05) is 0 Å². The van der Waals surface area contributed by atoms with Gasteiger partial charge in [0.25, 0.3) is 0 Å². The monoisotopic (exact) mass is 366 g/mol. The van der Waals surface area contributed by atoms with E-state index in [2.05, 4.69) is 26.1 Å². The molecule has 0 radical (unpaired) electrons. The van der Waals surface area contributed by atoms with E-state index in [4.69, 9.17) is 0 Å². The predicted molar refractivity (Wildman–Crippen MR) is 81.1 cm³/mol. The molecule has 0 spiro atoms. The Morgan fingerprint density at radius 1 is 1.30 bits per heavy atom. The van der Waals surface area contributed by atoms with E-state index in [1.54, 1.807) is 0 Å². The number of hydrogen-bond acceptors (Lipinski definition) is 2. The van der Waals surface area contributed by atoms with Crippen LogP contribution < -0.4 is 5.32 Å². The summed E-state index contributed by atoms with van der Waals surface area (Å²) < 4.78 is 28.0. The van der Waals surface area contributed by atoms with Crippen LogP contribution in [-0.2, 0) is 6.54 Å². The van der Waals surface area contributed by atoms with Gasteiger partial charge in [0.2, 0.25) is 0 Å². The number of nitrogens with zero attached hydrogens (tertiary/aromatic N) is 1. The van der Waals surface area contributed by atoms with Gasteiger partial charge in [-0.25, -0.2) is 8.78 Å². The van der Waals surface area contributed by atoms with Gasteiger partial charge in [-0.2, -0.15) is 0 Å². The smallest absolute Gasteiger partial charge is 0.144 e. The molecule has 0 amide bonds. The molecule has 2 atom stereocenters. The highest BCUT2D eigenvalue weighted by Gasteiger charge is 2.33. The molecule has 2 saturated heterocycles. The van der Waals surface area contributed by atoms with Crippen molar-refractivity contribution in [2.45, 2.75) is 25.4 Å². The number of benzene rings is 1. The highest BCUT2D eigenvalue weighted by molar-refractivity contribution is 9.10. The van der Waals surface area contributed by atoms with Crippen molar-refractivity contribution < 1.29 is 8.78 Å². The fourth-order valence-electron chi connectivity index (χ4n) is 3.20. The molecule has 112 valence electrons. The molecule has 2 nitrogen and oxygen atoms in total. The summed E-state index contributed by atoms with van der Waals surface area (Å²) in [6, 6.07) is 3.35. The zero-order valence-corrected chi connectivity index (χ0v) is 13.4. The lowest BCUT2D eigenvalue weighted by atomic mass is 9.93. The number of likely N-dealkylation sites (tertiary alicyclic amines) is 1. The number of hydrogen-bond donors (Lipinski definition) is 1. The summed E-state index contributed by atoms with van der Waals surface area (Å²) in [7, 11) is 0. The van der Waals surface area contributed by atoms with Gasteiger partial charge in [0.15, 0.2) is 0 Å². The first-order valence-corrected chi connectivity index (χ1v) is 7.52. The summed E-state index contributed by atoms with van der Waals surface area (Å²) >= 11 is 3.12. The van der Waals surface area contributed by atoms with Crippen LogP contribution in [0.3, 0.4) is 0 Å². The summed E-state index contributed by atoms with van der Waals surface area (Å²) in [5.41, 5.74) is 0.179. The number of piperidine rings is 1. The van der Waals surface area contributed by atoms with Crippen LogP contribution in [0.2, 0.25) is 0 Å². The third-order valence-electron chi connectivity index (χ3n) is 4.26. The molecule has 0 saturated carbocycles. The highest BCUT2D eigenvalue weighted by atomic mass is 79.9. The maximum absolute atomic E-state index is 14.0. The normalized spacial score (nSPS) is 26.1.